The van der Waals surface area contributed by atoms with Gasteiger partial charge < -0.3 is 15.2 Å². The molecule has 0 unspecified atom stereocenters. The van der Waals surface area contributed by atoms with Gasteiger partial charge in [0.2, 0.25) is 0 Å². The molecular formula is C23H20N4O2. The van der Waals surface area contributed by atoms with Crippen molar-refractivity contribution in [3.05, 3.63) is 94.1 Å². The first kappa shape index (κ1) is 19.9. The van der Waals surface area contributed by atoms with Crippen LogP contribution in [0.4, 0.5) is 11.4 Å². The van der Waals surface area contributed by atoms with Gasteiger partial charge in [-0.25, -0.2) is 4.85 Å². The van der Waals surface area contributed by atoms with Crippen molar-refractivity contribution >= 4 is 11.4 Å². The number of nitrogens with zero attached hydrogens (tertiary/aromatic N) is 3. The van der Waals surface area contributed by atoms with E-state index in [9.17, 15) is 5.11 Å². The minimum Gasteiger partial charge on any atom is -0.487 e. The number of benzene rings is 2. The van der Waals surface area contributed by atoms with E-state index in [0.717, 1.165) is 22.5 Å². The lowest BCUT2D eigenvalue weighted by molar-refractivity contribution is 0.273. The Morgan fingerprint density at radius 1 is 1.17 bits per heavy atom. The lowest BCUT2D eigenvalue weighted by Gasteiger charge is -2.18. The molecule has 0 bridgehead atoms. The summed E-state index contributed by atoms with van der Waals surface area (Å²) in [6, 6.07) is 16.5. The maximum absolute atomic E-state index is 9.75. The number of aliphatic hydroxyl groups excluding tert-OH is 1. The summed E-state index contributed by atoms with van der Waals surface area (Å²) in [5.41, 5.74) is 5.25. The highest BCUT2D eigenvalue weighted by Gasteiger charge is 2.14. The van der Waals surface area contributed by atoms with Gasteiger partial charge in [-0.2, -0.15) is 5.26 Å². The Labute approximate surface area is 169 Å². The molecule has 2 N–H and O–H groups in total. The lowest BCUT2D eigenvalue weighted by atomic mass is 10.1. The first-order valence-electron chi connectivity index (χ1n) is 9.06. The number of nitriles is 1. The largest absolute Gasteiger partial charge is 0.487 e. The highest BCUT2D eigenvalue weighted by molar-refractivity contribution is 5.50. The number of pyridine rings is 1. The Kier molecular flexibility index (Phi) is 6.42. The number of hydrogen-bond donors (Lipinski definition) is 2. The zero-order valence-corrected chi connectivity index (χ0v) is 16.0. The van der Waals surface area contributed by atoms with E-state index in [1.165, 1.54) is 0 Å². The van der Waals surface area contributed by atoms with E-state index >= 15 is 0 Å². The van der Waals surface area contributed by atoms with Crippen LogP contribution in [-0.2, 0) is 19.8 Å². The number of hydrogen-bond acceptors (Lipinski definition) is 5. The summed E-state index contributed by atoms with van der Waals surface area (Å²) in [6.45, 7) is 9.52. The normalized spacial score (nSPS) is 10.1. The monoisotopic (exact) mass is 384 g/mol. The molecule has 0 aliphatic heterocycles. The van der Waals surface area contributed by atoms with Gasteiger partial charge in [-0.1, -0.05) is 24.3 Å². The fraction of sp³-hybridized carbons (Fsp3) is 0.174. The molecule has 3 rings (SSSR count). The van der Waals surface area contributed by atoms with Crippen molar-refractivity contribution in [3.8, 4) is 11.8 Å². The second-order valence-corrected chi connectivity index (χ2v) is 6.44. The minimum atomic E-state index is -0.145. The van der Waals surface area contributed by atoms with Crippen LogP contribution in [0, 0.1) is 24.8 Å². The van der Waals surface area contributed by atoms with Crippen LogP contribution in [0.2, 0.25) is 0 Å². The fourth-order valence-corrected chi connectivity index (χ4v) is 2.87. The minimum absolute atomic E-state index is 0.145. The van der Waals surface area contributed by atoms with Gasteiger partial charge in [0, 0.05) is 29.6 Å². The zero-order chi connectivity index (χ0) is 20.6. The molecule has 0 amide bonds. The molecule has 0 saturated carbocycles. The zero-order valence-electron chi connectivity index (χ0n) is 16.0. The van der Waals surface area contributed by atoms with Gasteiger partial charge >= 0.3 is 0 Å². The summed E-state index contributed by atoms with van der Waals surface area (Å²) in [7, 11) is 0. The summed E-state index contributed by atoms with van der Waals surface area (Å²) >= 11 is 0. The van der Waals surface area contributed by atoms with Crippen molar-refractivity contribution in [3.63, 3.8) is 0 Å². The molecule has 0 radical (unpaired) electrons. The maximum atomic E-state index is 9.75. The Morgan fingerprint density at radius 3 is 2.52 bits per heavy atom. The predicted octanol–water partition coefficient (Wildman–Crippen LogP) is 4.50. The van der Waals surface area contributed by atoms with E-state index in [4.69, 9.17) is 16.6 Å². The van der Waals surface area contributed by atoms with Gasteiger partial charge in [0.1, 0.15) is 12.4 Å². The van der Waals surface area contributed by atoms with Crippen LogP contribution >= 0.6 is 0 Å². The summed E-state index contributed by atoms with van der Waals surface area (Å²) in [4.78, 5) is 7.73. The SMILES string of the molecule is [C-]#[N+]c1ccc(COc2c(C)ncc(CO)c2CNc2ccc(C#N)cc2)cc1. The van der Waals surface area contributed by atoms with Crippen LogP contribution in [0.3, 0.4) is 0 Å². The highest BCUT2D eigenvalue weighted by atomic mass is 16.5. The van der Waals surface area contributed by atoms with E-state index in [2.05, 4.69) is 21.2 Å². The van der Waals surface area contributed by atoms with Gasteiger partial charge in [0.15, 0.2) is 5.69 Å². The van der Waals surface area contributed by atoms with Crippen LogP contribution in [-0.4, -0.2) is 10.1 Å². The van der Waals surface area contributed by atoms with Crippen LogP contribution in [0.1, 0.15) is 27.9 Å². The summed E-state index contributed by atoms with van der Waals surface area (Å²) < 4.78 is 6.06. The number of aliphatic hydroxyl groups is 1. The molecule has 0 saturated heterocycles. The fourth-order valence-electron chi connectivity index (χ4n) is 2.87. The van der Waals surface area contributed by atoms with Gasteiger partial charge in [0.05, 0.1) is 30.5 Å². The molecule has 6 nitrogen and oxygen atoms in total. The number of anilines is 1. The molecule has 0 aliphatic rings. The smallest absolute Gasteiger partial charge is 0.187 e. The number of aromatic nitrogens is 1. The van der Waals surface area contributed by atoms with Crippen LogP contribution in [0.25, 0.3) is 4.85 Å². The number of rotatable bonds is 7. The third-order valence-electron chi connectivity index (χ3n) is 4.51. The van der Waals surface area contributed by atoms with E-state index in [-0.39, 0.29) is 6.61 Å². The van der Waals surface area contributed by atoms with Crippen molar-refractivity contribution in [2.24, 2.45) is 0 Å². The molecule has 0 spiro atoms. The Balaban J connectivity index is 1.80. The number of aryl methyl sites for hydroxylation is 1. The standard InChI is InChI=1S/C23H20N4O2/c1-16-23(29-15-18-5-7-20(25-2)8-6-18)22(19(14-28)12-26-16)13-27-21-9-3-17(11-24)4-10-21/h3-10,12,27-28H,13-15H2,1H3. The van der Waals surface area contributed by atoms with Gasteiger partial charge in [-0.3, -0.25) is 4.98 Å². The first-order valence-corrected chi connectivity index (χ1v) is 9.06. The molecule has 144 valence electrons. The Morgan fingerprint density at radius 2 is 1.90 bits per heavy atom. The average Bonchev–Trinajstić information content (AvgIpc) is 2.77. The second kappa shape index (κ2) is 9.36. The van der Waals surface area contributed by atoms with Gasteiger partial charge in [0.25, 0.3) is 0 Å². The van der Waals surface area contributed by atoms with Crippen molar-refractivity contribution in [2.45, 2.75) is 26.7 Å². The topological polar surface area (TPSA) is 82.5 Å². The third-order valence-corrected chi connectivity index (χ3v) is 4.51. The van der Waals surface area contributed by atoms with Gasteiger partial charge in [-0.05, 0) is 36.8 Å². The van der Waals surface area contributed by atoms with Crippen LogP contribution in [0.15, 0.2) is 54.7 Å². The summed E-state index contributed by atoms with van der Waals surface area (Å²) in [5, 5.41) is 22.0. The molecule has 1 aromatic heterocycles. The molecule has 29 heavy (non-hydrogen) atoms. The summed E-state index contributed by atoms with van der Waals surface area (Å²) in [5.74, 6) is 0.631. The third kappa shape index (κ3) is 4.90. The molecule has 6 heteroatoms. The molecule has 3 aromatic rings. The molecule has 0 fully saturated rings. The molecule has 0 atom stereocenters. The van der Waals surface area contributed by atoms with Gasteiger partial charge in [-0.15, -0.1) is 0 Å². The van der Waals surface area contributed by atoms with Crippen LogP contribution in [0.5, 0.6) is 5.75 Å². The summed E-state index contributed by atoms with van der Waals surface area (Å²) in [6.07, 6.45) is 1.66. The van der Waals surface area contributed by atoms with Crippen LogP contribution < -0.4 is 10.1 Å². The molecular weight excluding hydrogens is 364 g/mol. The van der Waals surface area contributed by atoms with E-state index in [1.54, 1.807) is 30.5 Å². The number of nitrogens with one attached hydrogen (secondary N) is 1. The van der Waals surface area contributed by atoms with E-state index in [1.807, 2.05) is 31.2 Å². The van der Waals surface area contributed by atoms with Crippen molar-refractivity contribution in [1.29, 1.82) is 5.26 Å². The first-order chi connectivity index (χ1) is 14.1. The number of ether oxygens (including phenoxy) is 1. The van der Waals surface area contributed by atoms with E-state index in [0.29, 0.717) is 35.7 Å². The quantitative estimate of drug-likeness (QED) is 0.586. The highest BCUT2D eigenvalue weighted by Crippen LogP contribution is 2.28. The van der Waals surface area contributed by atoms with Crippen molar-refractivity contribution in [2.75, 3.05) is 5.32 Å². The Hall–Kier alpha value is -3.87. The predicted molar refractivity (Wildman–Crippen MR) is 110 cm³/mol. The van der Waals surface area contributed by atoms with E-state index < -0.39 is 0 Å². The molecule has 1 heterocycles. The maximum Gasteiger partial charge on any atom is 0.187 e. The lowest BCUT2D eigenvalue weighted by Crippen LogP contribution is -2.09. The molecule has 0 aliphatic carbocycles. The Bertz CT molecular complexity index is 1060. The molecule has 2 aromatic carbocycles. The van der Waals surface area contributed by atoms with Crippen molar-refractivity contribution < 1.29 is 9.84 Å². The second-order valence-electron chi connectivity index (χ2n) is 6.44. The van der Waals surface area contributed by atoms with Crippen molar-refractivity contribution in [1.82, 2.24) is 4.98 Å². The average molecular weight is 384 g/mol.